The van der Waals surface area contributed by atoms with E-state index in [9.17, 15) is 14.9 Å². The van der Waals surface area contributed by atoms with Gasteiger partial charge in [-0.15, -0.1) is 11.8 Å². The third-order valence-electron chi connectivity index (χ3n) is 5.33. The van der Waals surface area contributed by atoms with Crippen LogP contribution in [0.15, 0.2) is 24.3 Å². The summed E-state index contributed by atoms with van der Waals surface area (Å²) in [6.07, 6.45) is 4.90. The zero-order valence-electron chi connectivity index (χ0n) is 12.2. The lowest BCUT2D eigenvalue weighted by molar-refractivity contribution is -0.384. The minimum atomic E-state index is -0.368. The number of nitrogens with zero attached hydrogens (tertiary/aromatic N) is 2. The highest BCUT2D eigenvalue weighted by Crippen LogP contribution is 2.51. The second-order valence-electron chi connectivity index (χ2n) is 6.56. The van der Waals surface area contributed by atoms with Gasteiger partial charge >= 0.3 is 0 Å². The van der Waals surface area contributed by atoms with Crippen molar-refractivity contribution >= 4 is 23.4 Å². The topological polar surface area (TPSA) is 63.4 Å². The Morgan fingerprint density at radius 1 is 1.27 bits per heavy atom. The van der Waals surface area contributed by atoms with Crippen molar-refractivity contribution in [2.75, 3.05) is 5.75 Å². The van der Waals surface area contributed by atoms with Crippen LogP contribution in [-0.2, 0) is 4.79 Å². The second kappa shape index (κ2) is 5.26. The van der Waals surface area contributed by atoms with Crippen molar-refractivity contribution in [2.45, 2.75) is 37.1 Å². The lowest BCUT2D eigenvalue weighted by atomic mass is 9.93. The van der Waals surface area contributed by atoms with Crippen molar-refractivity contribution in [1.82, 2.24) is 4.90 Å². The Hall–Kier alpha value is -1.56. The van der Waals surface area contributed by atoms with Gasteiger partial charge in [0.25, 0.3) is 5.69 Å². The van der Waals surface area contributed by atoms with E-state index in [1.54, 1.807) is 23.9 Å². The van der Waals surface area contributed by atoms with E-state index in [1.165, 1.54) is 25.3 Å². The van der Waals surface area contributed by atoms with Crippen LogP contribution in [0.4, 0.5) is 5.69 Å². The van der Waals surface area contributed by atoms with Gasteiger partial charge in [-0.2, -0.15) is 0 Å². The Morgan fingerprint density at radius 3 is 2.82 bits per heavy atom. The monoisotopic (exact) mass is 318 g/mol. The molecule has 116 valence electrons. The summed E-state index contributed by atoms with van der Waals surface area (Å²) in [6.45, 7) is 0. The zero-order valence-corrected chi connectivity index (χ0v) is 13.0. The maximum Gasteiger partial charge on any atom is 0.269 e. The maximum atomic E-state index is 12.4. The number of rotatable bonds is 3. The van der Waals surface area contributed by atoms with Crippen LogP contribution >= 0.6 is 11.8 Å². The Balaban J connectivity index is 1.64. The summed E-state index contributed by atoms with van der Waals surface area (Å²) in [5, 5.41) is 10.9. The van der Waals surface area contributed by atoms with Crippen molar-refractivity contribution in [1.29, 1.82) is 0 Å². The maximum absolute atomic E-state index is 12.4. The Morgan fingerprint density at radius 2 is 2.14 bits per heavy atom. The predicted molar refractivity (Wildman–Crippen MR) is 84.4 cm³/mol. The number of carbonyl (C=O) groups is 1. The zero-order chi connectivity index (χ0) is 15.3. The van der Waals surface area contributed by atoms with Crippen LogP contribution in [0.25, 0.3) is 0 Å². The van der Waals surface area contributed by atoms with Crippen LogP contribution in [-0.4, -0.2) is 27.5 Å². The number of fused-ring (bicyclic) bond motifs is 2. The van der Waals surface area contributed by atoms with E-state index in [2.05, 4.69) is 0 Å². The summed E-state index contributed by atoms with van der Waals surface area (Å²) in [7, 11) is 0. The smallest absolute Gasteiger partial charge is 0.269 e. The van der Waals surface area contributed by atoms with Crippen LogP contribution < -0.4 is 0 Å². The normalized spacial score (nSPS) is 33.6. The minimum Gasteiger partial charge on any atom is -0.323 e. The quantitative estimate of drug-likeness (QED) is 0.633. The molecular weight excluding hydrogens is 300 g/mol. The van der Waals surface area contributed by atoms with Crippen LogP contribution in [0.5, 0.6) is 0 Å². The largest absolute Gasteiger partial charge is 0.323 e. The summed E-state index contributed by atoms with van der Waals surface area (Å²) in [4.78, 5) is 25.1. The summed E-state index contributed by atoms with van der Waals surface area (Å²) < 4.78 is 0. The molecule has 0 aromatic heterocycles. The SMILES string of the molecule is O=C1CS[C@@H](c2cccc([N+](=O)[O-])c2)N1[C@@H]1C[C@@H]2CC[C@@H]1C2. The van der Waals surface area contributed by atoms with Gasteiger partial charge in [0.05, 0.1) is 10.7 Å². The molecule has 1 saturated heterocycles. The van der Waals surface area contributed by atoms with Crippen molar-refractivity contribution in [3.63, 3.8) is 0 Å². The summed E-state index contributed by atoms with van der Waals surface area (Å²) in [5.74, 6) is 2.09. The van der Waals surface area contributed by atoms with Gasteiger partial charge in [0.1, 0.15) is 5.37 Å². The molecular formula is C16H18N2O3S. The minimum absolute atomic E-state index is 0.0586. The molecule has 0 unspecified atom stereocenters. The number of hydrogen-bond donors (Lipinski definition) is 0. The number of non-ortho nitro benzene ring substituents is 1. The van der Waals surface area contributed by atoms with Gasteiger partial charge in [0, 0.05) is 18.2 Å². The first-order valence-electron chi connectivity index (χ1n) is 7.80. The van der Waals surface area contributed by atoms with E-state index in [1.807, 2.05) is 11.0 Å². The highest BCUT2D eigenvalue weighted by atomic mass is 32.2. The molecule has 0 spiro atoms. The number of carbonyl (C=O) groups excluding carboxylic acids is 1. The fourth-order valence-corrected chi connectivity index (χ4v) is 5.62. The fourth-order valence-electron chi connectivity index (χ4n) is 4.40. The number of hydrogen-bond acceptors (Lipinski definition) is 4. The standard InChI is InChI=1S/C16H18N2O3S/c19-15-9-22-16(12-2-1-3-13(8-12)18(20)21)17(15)14-7-10-4-5-11(14)6-10/h1-3,8,10-11,14,16H,4-7,9H2/t10-,11-,14-,16+/m1/s1. The van der Waals surface area contributed by atoms with Crippen molar-refractivity contribution in [2.24, 2.45) is 11.8 Å². The molecule has 3 fully saturated rings. The molecule has 3 aliphatic rings. The third kappa shape index (κ3) is 2.20. The molecule has 0 radical (unpaired) electrons. The first kappa shape index (κ1) is 14.1. The number of amides is 1. The molecule has 4 atom stereocenters. The van der Waals surface area contributed by atoms with Gasteiger partial charge in [-0.1, -0.05) is 18.6 Å². The van der Waals surface area contributed by atoms with Gasteiger partial charge < -0.3 is 4.90 Å². The fraction of sp³-hybridized carbons (Fsp3) is 0.562. The van der Waals surface area contributed by atoms with E-state index in [4.69, 9.17) is 0 Å². The molecule has 4 rings (SSSR count). The van der Waals surface area contributed by atoms with Crippen molar-refractivity contribution < 1.29 is 9.72 Å². The van der Waals surface area contributed by atoms with Gasteiger partial charge in [0.2, 0.25) is 5.91 Å². The molecule has 2 aliphatic carbocycles. The molecule has 2 bridgehead atoms. The molecule has 1 aromatic rings. The van der Waals surface area contributed by atoms with E-state index in [-0.39, 0.29) is 21.9 Å². The first-order chi connectivity index (χ1) is 10.6. The third-order valence-corrected chi connectivity index (χ3v) is 6.56. The molecule has 6 heteroatoms. The molecule has 1 amide bonds. The molecule has 1 heterocycles. The first-order valence-corrected chi connectivity index (χ1v) is 8.85. The summed E-state index contributed by atoms with van der Waals surface area (Å²) >= 11 is 1.60. The van der Waals surface area contributed by atoms with E-state index >= 15 is 0 Å². The summed E-state index contributed by atoms with van der Waals surface area (Å²) in [5.41, 5.74) is 0.984. The van der Waals surface area contributed by atoms with Gasteiger partial charge in [0.15, 0.2) is 0 Å². The average Bonchev–Trinajstić information content (AvgIpc) is 3.22. The molecule has 22 heavy (non-hydrogen) atoms. The molecule has 0 N–H and O–H groups in total. The number of thioether (sulfide) groups is 1. The van der Waals surface area contributed by atoms with E-state index in [0.717, 1.165) is 17.9 Å². The number of nitro groups is 1. The highest BCUT2D eigenvalue weighted by molar-refractivity contribution is 8.00. The van der Waals surface area contributed by atoms with Crippen molar-refractivity contribution in [3.8, 4) is 0 Å². The van der Waals surface area contributed by atoms with E-state index < -0.39 is 0 Å². The van der Waals surface area contributed by atoms with Crippen LogP contribution in [0.3, 0.4) is 0 Å². The van der Waals surface area contributed by atoms with Crippen LogP contribution in [0.2, 0.25) is 0 Å². The molecule has 2 saturated carbocycles. The highest BCUT2D eigenvalue weighted by Gasteiger charge is 2.48. The Bertz CT molecular complexity index is 636. The molecule has 1 aromatic carbocycles. The summed E-state index contributed by atoms with van der Waals surface area (Å²) in [6, 6.07) is 7.09. The Kier molecular flexibility index (Phi) is 3.36. The van der Waals surface area contributed by atoms with E-state index in [0.29, 0.717) is 17.7 Å². The Labute approximate surface area is 133 Å². The van der Waals surface area contributed by atoms with Crippen LogP contribution in [0.1, 0.15) is 36.6 Å². The average molecular weight is 318 g/mol. The predicted octanol–water partition coefficient (Wildman–Crippen LogP) is 3.36. The second-order valence-corrected chi connectivity index (χ2v) is 7.63. The van der Waals surface area contributed by atoms with Crippen LogP contribution in [0, 0.1) is 22.0 Å². The molecule has 5 nitrogen and oxygen atoms in total. The number of nitro benzene ring substituents is 1. The van der Waals surface area contributed by atoms with Gasteiger partial charge in [-0.25, -0.2) is 0 Å². The van der Waals surface area contributed by atoms with Crippen molar-refractivity contribution in [3.05, 3.63) is 39.9 Å². The lowest BCUT2D eigenvalue weighted by Gasteiger charge is -2.35. The lowest BCUT2D eigenvalue weighted by Crippen LogP contribution is -2.41. The van der Waals surface area contributed by atoms with Gasteiger partial charge in [-0.3, -0.25) is 14.9 Å². The number of benzene rings is 1. The van der Waals surface area contributed by atoms with Gasteiger partial charge in [-0.05, 0) is 36.7 Å². The molecule has 1 aliphatic heterocycles.